The number of anilines is 2. The van der Waals surface area contributed by atoms with Gasteiger partial charge in [-0.1, -0.05) is 0 Å². The second-order valence-electron chi connectivity index (χ2n) is 4.64. The first-order chi connectivity index (χ1) is 9.31. The molecule has 3 rings (SSSR count). The molecule has 2 heterocycles. The van der Waals surface area contributed by atoms with E-state index in [1.165, 1.54) is 0 Å². The molecule has 1 amide bonds. The third-order valence-corrected chi connectivity index (χ3v) is 3.17. The van der Waals surface area contributed by atoms with E-state index in [1.807, 2.05) is 24.3 Å². The number of fused-ring (bicyclic) bond motifs is 1. The summed E-state index contributed by atoms with van der Waals surface area (Å²) in [6.07, 6.45) is 6.07. The van der Waals surface area contributed by atoms with Crippen LogP contribution < -0.4 is 15.4 Å². The van der Waals surface area contributed by atoms with Crippen LogP contribution in [0.2, 0.25) is 0 Å². The number of allylic oxidation sites excluding steroid dienone is 1. The molecule has 0 aromatic heterocycles. The average molecular weight is 260 g/mol. The number of hydrogen-bond donors (Lipinski definition) is 2. The van der Waals surface area contributed by atoms with E-state index in [-0.39, 0.29) is 18.6 Å². The highest BCUT2D eigenvalue weighted by molar-refractivity contribution is 5.96. The van der Waals surface area contributed by atoms with Crippen molar-refractivity contribution in [1.29, 1.82) is 0 Å². The van der Waals surface area contributed by atoms with Gasteiger partial charge in [-0.15, -0.1) is 0 Å². The molecule has 0 bridgehead atoms. The molecular weight excluding hydrogens is 244 g/mol. The number of benzene rings is 1. The minimum Gasteiger partial charge on any atom is -0.497 e. The second-order valence-corrected chi connectivity index (χ2v) is 4.64. The van der Waals surface area contributed by atoms with Gasteiger partial charge in [0.05, 0.1) is 18.5 Å². The summed E-state index contributed by atoms with van der Waals surface area (Å²) in [6.45, 7) is 0.833. The van der Waals surface area contributed by atoms with Crippen LogP contribution in [0.25, 0.3) is 0 Å². The number of carbonyl (C=O) groups is 1. The number of nitrogens with one attached hydrogen (secondary N) is 2. The molecule has 2 aliphatic rings. The molecule has 2 N–H and O–H groups in total. The molecule has 19 heavy (non-hydrogen) atoms. The van der Waals surface area contributed by atoms with E-state index in [9.17, 15) is 4.79 Å². The third-order valence-electron chi connectivity index (χ3n) is 3.17. The van der Waals surface area contributed by atoms with Crippen LogP contribution in [0.15, 0.2) is 30.5 Å². The Morgan fingerprint density at radius 1 is 1.42 bits per heavy atom. The Hall–Kier alpha value is -2.17. The normalized spacial score (nSPS) is 20.8. The van der Waals surface area contributed by atoms with Gasteiger partial charge < -0.3 is 20.1 Å². The summed E-state index contributed by atoms with van der Waals surface area (Å²) < 4.78 is 10.8. The Morgan fingerprint density at radius 3 is 3.21 bits per heavy atom. The molecular formula is C14H16N2O3. The van der Waals surface area contributed by atoms with E-state index >= 15 is 0 Å². The lowest BCUT2D eigenvalue weighted by Crippen LogP contribution is -2.26. The maximum atomic E-state index is 11.3. The topological polar surface area (TPSA) is 59.6 Å². The quantitative estimate of drug-likeness (QED) is 0.874. The van der Waals surface area contributed by atoms with E-state index in [1.54, 1.807) is 6.26 Å². The number of ether oxygens (including phenoxy) is 2. The Balaban J connectivity index is 1.63. The third kappa shape index (κ3) is 2.81. The van der Waals surface area contributed by atoms with E-state index in [0.29, 0.717) is 11.4 Å². The van der Waals surface area contributed by atoms with Crippen LogP contribution in [0.3, 0.4) is 0 Å². The highest BCUT2D eigenvalue weighted by Gasteiger charge is 2.16. The molecule has 0 radical (unpaired) electrons. The zero-order valence-electron chi connectivity index (χ0n) is 10.5. The fourth-order valence-electron chi connectivity index (χ4n) is 2.16. The van der Waals surface area contributed by atoms with Crippen molar-refractivity contribution < 1.29 is 14.3 Å². The lowest BCUT2D eigenvalue weighted by Gasteiger charge is -2.22. The van der Waals surface area contributed by atoms with Gasteiger partial charge in [-0.25, -0.2) is 0 Å². The lowest BCUT2D eigenvalue weighted by molar-refractivity contribution is -0.118. The highest BCUT2D eigenvalue weighted by atomic mass is 16.5. The van der Waals surface area contributed by atoms with Gasteiger partial charge in [0.1, 0.15) is 11.9 Å². The summed E-state index contributed by atoms with van der Waals surface area (Å²) in [6, 6.07) is 5.68. The van der Waals surface area contributed by atoms with Crippen molar-refractivity contribution in [2.75, 3.05) is 23.8 Å². The fourth-order valence-corrected chi connectivity index (χ4v) is 2.16. The molecule has 2 aliphatic heterocycles. The average Bonchev–Trinajstić information content (AvgIpc) is 2.46. The molecule has 1 unspecified atom stereocenters. The minimum absolute atomic E-state index is 0.0853. The molecule has 1 aromatic carbocycles. The first-order valence-corrected chi connectivity index (χ1v) is 6.42. The van der Waals surface area contributed by atoms with E-state index < -0.39 is 0 Å². The molecule has 0 fully saturated rings. The van der Waals surface area contributed by atoms with Gasteiger partial charge in [-0.3, -0.25) is 4.79 Å². The summed E-state index contributed by atoms with van der Waals surface area (Å²) in [4.78, 5) is 11.3. The zero-order valence-corrected chi connectivity index (χ0v) is 10.5. The Morgan fingerprint density at radius 2 is 2.37 bits per heavy atom. The van der Waals surface area contributed by atoms with Crippen molar-refractivity contribution in [2.24, 2.45) is 0 Å². The summed E-state index contributed by atoms with van der Waals surface area (Å²) in [5.74, 6) is 0.590. The predicted octanol–water partition coefficient (Wildman–Crippen LogP) is 2.12. The minimum atomic E-state index is -0.120. The number of amides is 1. The molecule has 0 spiro atoms. The van der Waals surface area contributed by atoms with Gasteiger partial charge in [0.15, 0.2) is 6.61 Å². The van der Waals surface area contributed by atoms with E-state index in [4.69, 9.17) is 9.47 Å². The smallest absolute Gasteiger partial charge is 0.262 e. The lowest BCUT2D eigenvalue weighted by atomic mass is 10.1. The monoisotopic (exact) mass is 260 g/mol. The van der Waals surface area contributed by atoms with Gasteiger partial charge >= 0.3 is 0 Å². The van der Waals surface area contributed by atoms with Crippen LogP contribution in [0.5, 0.6) is 5.75 Å². The molecule has 0 saturated carbocycles. The van der Waals surface area contributed by atoms with Gasteiger partial charge in [-0.2, -0.15) is 0 Å². The fraction of sp³-hybridized carbons (Fsp3) is 0.357. The van der Waals surface area contributed by atoms with Crippen LogP contribution >= 0.6 is 0 Å². The maximum Gasteiger partial charge on any atom is 0.262 e. The van der Waals surface area contributed by atoms with Crippen molar-refractivity contribution in [2.45, 2.75) is 18.9 Å². The Kier molecular flexibility index (Phi) is 3.27. The maximum absolute atomic E-state index is 11.3. The van der Waals surface area contributed by atoms with Crippen LogP contribution in [0.1, 0.15) is 12.8 Å². The van der Waals surface area contributed by atoms with Gasteiger partial charge in [0, 0.05) is 5.69 Å². The standard InChI is InChI=1S/C14H16N2O3/c17-14-9-19-13-5-4-10(7-12(13)16-14)15-8-11-3-1-2-6-18-11/h2,4-7,11,15H,1,3,8-9H2,(H,16,17). The van der Waals surface area contributed by atoms with E-state index in [2.05, 4.69) is 10.6 Å². The first kappa shape index (κ1) is 11.9. The predicted molar refractivity (Wildman–Crippen MR) is 72.3 cm³/mol. The summed E-state index contributed by atoms with van der Waals surface area (Å²) in [7, 11) is 0. The molecule has 5 heteroatoms. The molecule has 0 saturated heterocycles. The van der Waals surface area contributed by atoms with Crippen LogP contribution in [-0.2, 0) is 9.53 Å². The Labute approximate surface area is 111 Å². The van der Waals surface area contributed by atoms with Crippen molar-refractivity contribution in [3.8, 4) is 5.75 Å². The SMILES string of the molecule is O=C1COc2ccc(NCC3CCC=CO3)cc2N1. The zero-order chi connectivity index (χ0) is 13.1. The van der Waals surface area contributed by atoms with Gasteiger partial charge in [0.2, 0.25) is 0 Å². The molecule has 100 valence electrons. The molecule has 5 nitrogen and oxygen atoms in total. The van der Waals surface area contributed by atoms with Gasteiger partial charge in [0.25, 0.3) is 5.91 Å². The van der Waals surface area contributed by atoms with Crippen molar-refractivity contribution in [3.05, 3.63) is 30.5 Å². The van der Waals surface area contributed by atoms with E-state index in [0.717, 1.165) is 25.1 Å². The number of hydrogen-bond acceptors (Lipinski definition) is 4. The molecule has 1 aromatic rings. The van der Waals surface area contributed by atoms with Crippen molar-refractivity contribution in [1.82, 2.24) is 0 Å². The van der Waals surface area contributed by atoms with Crippen LogP contribution in [-0.4, -0.2) is 25.2 Å². The van der Waals surface area contributed by atoms with Crippen molar-refractivity contribution in [3.63, 3.8) is 0 Å². The summed E-state index contributed by atoms with van der Waals surface area (Å²) in [5, 5.41) is 6.11. The van der Waals surface area contributed by atoms with Gasteiger partial charge in [-0.05, 0) is 37.1 Å². The Bertz CT molecular complexity index is 513. The number of rotatable bonds is 3. The molecule has 0 aliphatic carbocycles. The number of carbonyl (C=O) groups excluding carboxylic acids is 1. The van der Waals surface area contributed by atoms with Crippen LogP contribution in [0, 0.1) is 0 Å². The largest absolute Gasteiger partial charge is 0.497 e. The first-order valence-electron chi connectivity index (χ1n) is 6.42. The highest BCUT2D eigenvalue weighted by Crippen LogP contribution is 2.30. The summed E-state index contributed by atoms with van der Waals surface area (Å²) >= 11 is 0. The second kappa shape index (κ2) is 5.22. The van der Waals surface area contributed by atoms with Crippen molar-refractivity contribution >= 4 is 17.3 Å². The molecule has 1 atom stereocenters. The van der Waals surface area contributed by atoms with Crippen LogP contribution in [0.4, 0.5) is 11.4 Å². The summed E-state index contributed by atoms with van der Waals surface area (Å²) in [5.41, 5.74) is 1.66.